The van der Waals surface area contributed by atoms with E-state index in [4.69, 9.17) is 4.74 Å². The highest BCUT2D eigenvalue weighted by atomic mass is 19.4. The fourth-order valence-electron chi connectivity index (χ4n) is 2.06. The van der Waals surface area contributed by atoms with E-state index in [1.165, 1.54) is 6.07 Å². The molecule has 22 heavy (non-hydrogen) atoms. The molecular formula is C15H16F3NO3. The number of fused-ring (bicyclic) bond motifs is 1. The topological polar surface area (TPSA) is 51.5 Å². The molecule has 1 N–H and O–H groups in total. The Morgan fingerprint density at radius 3 is 2.36 bits per heavy atom. The van der Waals surface area contributed by atoms with Crippen LogP contribution in [0.5, 0.6) is 0 Å². The lowest BCUT2D eigenvalue weighted by molar-refractivity contribution is -0.208. The third-order valence-corrected chi connectivity index (χ3v) is 2.91. The molecule has 1 aromatic heterocycles. The molecule has 0 aliphatic carbocycles. The smallest absolute Gasteiger partial charge is 0.420 e. The molecule has 120 valence electrons. The SMILES string of the molecule is CC(C)(C)OC(=O)n1c([C@@H](O)C(F)(F)F)cc2ccccc21. The van der Waals surface area contributed by atoms with E-state index >= 15 is 0 Å². The summed E-state index contributed by atoms with van der Waals surface area (Å²) in [6, 6.07) is 7.41. The molecule has 4 nitrogen and oxygen atoms in total. The molecule has 0 saturated carbocycles. The Bertz CT molecular complexity index is 698. The minimum atomic E-state index is -4.88. The fourth-order valence-corrected chi connectivity index (χ4v) is 2.06. The molecule has 1 heterocycles. The molecule has 0 fully saturated rings. The van der Waals surface area contributed by atoms with Gasteiger partial charge in [-0.3, -0.25) is 0 Å². The molecule has 1 aromatic carbocycles. The van der Waals surface area contributed by atoms with Gasteiger partial charge in [-0.25, -0.2) is 9.36 Å². The van der Waals surface area contributed by atoms with E-state index in [2.05, 4.69) is 0 Å². The molecule has 0 aliphatic rings. The van der Waals surface area contributed by atoms with Crippen LogP contribution in [0.3, 0.4) is 0 Å². The van der Waals surface area contributed by atoms with E-state index in [1.807, 2.05) is 0 Å². The lowest BCUT2D eigenvalue weighted by atomic mass is 10.2. The van der Waals surface area contributed by atoms with Gasteiger partial charge in [-0.1, -0.05) is 18.2 Å². The number of carbonyl (C=O) groups is 1. The van der Waals surface area contributed by atoms with E-state index in [9.17, 15) is 23.1 Å². The first-order chi connectivity index (χ1) is 10.0. The molecule has 0 spiro atoms. The second kappa shape index (κ2) is 5.31. The summed E-state index contributed by atoms with van der Waals surface area (Å²) < 4.78 is 44.4. The van der Waals surface area contributed by atoms with Crippen LogP contribution in [0.1, 0.15) is 32.6 Å². The number of benzene rings is 1. The Morgan fingerprint density at radius 2 is 1.82 bits per heavy atom. The summed E-state index contributed by atoms with van der Waals surface area (Å²) in [6.07, 6.45) is -8.62. The Labute approximate surface area is 125 Å². The first-order valence-corrected chi connectivity index (χ1v) is 6.59. The molecule has 0 bridgehead atoms. The van der Waals surface area contributed by atoms with Crippen molar-refractivity contribution in [3.8, 4) is 0 Å². The summed E-state index contributed by atoms with van der Waals surface area (Å²) in [5, 5.41) is 9.94. The third-order valence-electron chi connectivity index (χ3n) is 2.91. The van der Waals surface area contributed by atoms with Gasteiger partial charge in [-0.2, -0.15) is 13.2 Å². The number of aliphatic hydroxyl groups excluding tert-OH is 1. The van der Waals surface area contributed by atoms with E-state index in [0.717, 1.165) is 10.6 Å². The maximum atomic E-state index is 12.8. The summed E-state index contributed by atoms with van der Waals surface area (Å²) in [5.74, 6) is 0. The first-order valence-electron chi connectivity index (χ1n) is 6.59. The minimum absolute atomic E-state index is 0.245. The van der Waals surface area contributed by atoms with Gasteiger partial charge >= 0.3 is 12.3 Å². The number of aliphatic hydroxyl groups is 1. The predicted octanol–water partition coefficient (Wildman–Crippen LogP) is 4.02. The summed E-state index contributed by atoms with van der Waals surface area (Å²) in [6.45, 7) is 4.82. The molecule has 7 heteroatoms. The number of para-hydroxylation sites is 1. The number of rotatable bonds is 1. The number of hydrogen-bond acceptors (Lipinski definition) is 3. The number of aromatic nitrogens is 1. The summed E-state index contributed by atoms with van der Waals surface area (Å²) in [7, 11) is 0. The van der Waals surface area contributed by atoms with Crippen LogP contribution < -0.4 is 0 Å². The molecule has 0 radical (unpaired) electrons. The molecule has 0 amide bonds. The Hall–Kier alpha value is -2.02. The third kappa shape index (κ3) is 3.24. The molecule has 0 unspecified atom stereocenters. The van der Waals surface area contributed by atoms with Crippen molar-refractivity contribution in [3.05, 3.63) is 36.0 Å². The molecule has 2 aromatic rings. The zero-order chi connectivity index (χ0) is 16.7. The highest BCUT2D eigenvalue weighted by molar-refractivity contribution is 5.91. The van der Waals surface area contributed by atoms with Crippen molar-refractivity contribution in [2.24, 2.45) is 0 Å². The van der Waals surface area contributed by atoms with Gasteiger partial charge in [0, 0.05) is 5.39 Å². The number of halogens is 3. The van der Waals surface area contributed by atoms with Gasteiger partial charge in [0.05, 0.1) is 11.2 Å². The van der Waals surface area contributed by atoms with Gasteiger partial charge in [0.15, 0.2) is 6.10 Å². The normalized spacial score (nSPS) is 14.1. The van der Waals surface area contributed by atoms with Crippen LogP contribution in [0.25, 0.3) is 10.9 Å². The van der Waals surface area contributed by atoms with Crippen molar-refractivity contribution in [2.75, 3.05) is 0 Å². The van der Waals surface area contributed by atoms with Crippen molar-refractivity contribution in [1.82, 2.24) is 4.57 Å². The number of ether oxygens (including phenoxy) is 1. The van der Waals surface area contributed by atoms with Crippen LogP contribution in [0.4, 0.5) is 18.0 Å². The van der Waals surface area contributed by atoms with Crippen molar-refractivity contribution in [2.45, 2.75) is 38.7 Å². The van der Waals surface area contributed by atoms with E-state index in [1.54, 1.807) is 39.0 Å². The van der Waals surface area contributed by atoms with Crippen LogP contribution in [0.15, 0.2) is 30.3 Å². The van der Waals surface area contributed by atoms with Crippen molar-refractivity contribution < 1.29 is 27.8 Å². The largest absolute Gasteiger partial charge is 0.443 e. The quantitative estimate of drug-likeness (QED) is 0.864. The molecule has 2 rings (SSSR count). The molecule has 0 saturated heterocycles. The molecule has 0 aliphatic heterocycles. The van der Waals surface area contributed by atoms with Gasteiger partial charge in [0.1, 0.15) is 5.60 Å². The van der Waals surface area contributed by atoms with Crippen molar-refractivity contribution in [3.63, 3.8) is 0 Å². The summed E-state index contributed by atoms with van der Waals surface area (Å²) >= 11 is 0. The van der Waals surface area contributed by atoms with Crippen LogP contribution in [0.2, 0.25) is 0 Å². The average Bonchev–Trinajstić information content (AvgIpc) is 2.73. The number of carbonyl (C=O) groups excluding carboxylic acids is 1. The first kappa shape index (κ1) is 16.4. The van der Waals surface area contributed by atoms with Gasteiger partial charge in [-0.05, 0) is 32.9 Å². The average molecular weight is 315 g/mol. The summed E-state index contributed by atoms with van der Waals surface area (Å²) in [4.78, 5) is 12.2. The fraction of sp³-hybridized carbons (Fsp3) is 0.400. The highest BCUT2D eigenvalue weighted by Gasteiger charge is 2.42. The monoisotopic (exact) mass is 315 g/mol. The zero-order valence-corrected chi connectivity index (χ0v) is 12.3. The second-order valence-electron chi connectivity index (χ2n) is 5.89. The lowest BCUT2D eigenvalue weighted by Crippen LogP contribution is -2.30. The minimum Gasteiger partial charge on any atom is -0.443 e. The molecular weight excluding hydrogens is 299 g/mol. The van der Waals surface area contributed by atoms with E-state index < -0.39 is 29.7 Å². The summed E-state index contributed by atoms with van der Waals surface area (Å²) in [5.41, 5.74) is -1.19. The Morgan fingerprint density at radius 1 is 1.23 bits per heavy atom. The Kier molecular flexibility index (Phi) is 3.95. The van der Waals surface area contributed by atoms with Gasteiger partial charge in [0.25, 0.3) is 0 Å². The number of hydrogen-bond donors (Lipinski definition) is 1. The standard InChI is InChI=1S/C15H16F3NO3/c1-14(2,3)22-13(21)19-10-7-5-4-6-9(10)8-11(19)12(20)15(16,17)18/h4-8,12,20H,1-3H3/t12-/m1/s1. The van der Waals surface area contributed by atoms with Crippen LogP contribution in [-0.2, 0) is 4.74 Å². The van der Waals surface area contributed by atoms with Gasteiger partial charge in [0.2, 0.25) is 0 Å². The van der Waals surface area contributed by atoms with E-state index in [-0.39, 0.29) is 5.52 Å². The second-order valence-corrected chi connectivity index (χ2v) is 5.89. The highest BCUT2D eigenvalue weighted by Crippen LogP contribution is 2.35. The van der Waals surface area contributed by atoms with Gasteiger partial charge in [-0.15, -0.1) is 0 Å². The number of nitrogens with zero attached hydrogens (tertiary/aromatic N) is 1. The lowest BCUT2D eigenvalue weighted by Gasteiger charge is -2.22. The van der Waals surface area contributed by atoms with Gasteiger partial charge < -0.3 is 9.84 Å². The number of alkyl halides is 3. The maximum absolute atomic E-state index is 12.8. The van der Waals surface area contributed by atoms with Crippen LogP contribution in [0, 0.1) is 0 Å². The maximum Gasteiger partial charge on any atom is 0.420 e. The Balaban J connectivity index is 2.61. The van der Waals surface area contributed by atoms with Crippen LogP contribution in [-0.4, -0.2) is 27.5 Å². The van der Waals surface area contributed by atoms with E-state index in [0.29, 0.717) is 5.39 Å². The zero-order valence-electron chi connectivity index (χ0n) is 12.3. The molecule has 1 atom stereocenters. The van der Waals surface area contributed by atoms with Crippen molar-refractivity contribution in [1.29, 1.82) is 0 Å². The van der Waals surface area contributed by atoms with Crippen molar-refractivity contribution >= 4 is 17.0 Å². The predicted molar refractivity (Wildman–Crippen MR) is 74.6 cm³/mol. The van der Waals surface area contributed by atoms with Crippen LogP contribution >= 0.6 is 0 Å².